The highest BCUT2D eigenvalue weighted by atomic mass is 32.2. The maximum atomic E-state index is 15.4. The molecule has 146 heavy (non-hydrogen) atoms. The van der Waals surface area contributed by atoms with Crippen LogP contribution in [0.1, 0.15) is 302 Å². The molecular formula is C110H140N8O26S2. The number of nitrogens with zero attached hydrogens (tertiary/aromatic N) is 6. The minimum atomic E-state index is -1.49. The Morgan fingerprint density at radius 2 is 0.877 bits per heavy atom. The molecule has 2 unspecified atom stereocenters. The molecular weight excluding hydrogens is 1910 g/mol. The third-order valence-electron chi connectivity index (χ3n) is 30.4. The second kappa shape index (κ2) is 44.6. The fourth-order valence-electron chi connectivity index (χ4n) is 23.9. The number of nitriles is 2. The molecule has 14 aliphatic heterocycles. The van der Waals surface area contributed by atoms with Gasteiger partial charge in [-0.2, -0.15) is 10.5 Å². The summed E-state index contributed by atoms with van der Waals surface area (Å²) in [6, 6.07) is 10.5. The lowest BCUT2D eigenvalue weighted by Gasteiger charge is -2.62. The molecule has 0 aliphatic carbocycles. The van der Waals surface area contributed by atoms with Crippen molar-refractivity contribution in [2.24, 2.45) is 0 Å². The second-order valence-electron chi connectivity index (χ2n) is 41.9. The minimum absolute atomic E-state index is 0.0370. The summed E-state index contributed by atoms with van der Waals surface area (Å²) in [5.74, 6) is 1.80. The number of fused-ring (bicyclic) bond motifs is 18. The SMILES string of the molecule is CCCCCCCC(=O)O.CCCCCCCC(=O)Oc1c(C)c2c(c3c1[C@H]1SC[C@]4(NCCc5cc(OC(=O)OC(C)(C)C)c(OC)cc54)C(=O)OC[C@@H]3N3C1[C@H]1c4c(cc(C)c(OC)c4OC(=O)CCCCCCC)C[C@@H]([C@@H]3C#N)N1C)OCO2.COc1cc2c(cc1OC(=O)OC(C)(C)C)CCN[C@]21CS[C@@H]2c3c(O)c(C)c4c(c3[C@H](COC1=O)N1C2[C@H]2c3c(cc(C)c(OC)c3O)C[C@@H]([C@@H]1C#N)N2C)OCO4. The highest BCUT2D eigenvalue weighted by molar-refractivity contribution is 7.99. The van der Waals surface area contributed by atoms with Crippen molar-refractivity contribution in [3.63, 3.8) is 0 Å². The molecule has 5 N–H and O–H groups in total. The van der Waals surface area contributed by atoms with E-state index in [0.717, 1.165) is 103 Å². The zero-order valence-electron chi connectivity index (χ0n) is 87.3. The number of phenols is 2. The molecule has 4 fully saturated rings. The van der Waals surface area contributed by atoms with Gasteiger partial charge in [0.1, 0.15) is 48.0 Å². The number of carboxylic acids is 1. The molecule has 0 saturated carbocycles. The number of benzene rings is 6. The zero-order valence-corrected chi connectivity index (χ0v) is 89.0. The van der Waals surface area contributed by atoms with Gasteiger partial charge in [0.15, 0.2) is 80.1 Å². The van der Waals surface area contributed by atoms with Crippen molar-refractivity contribution >= 4 is 65.7 Å². The standard InChI is InChI=1S/C59H76N4O13S.C43H48N4O11S.C8H16O2/c1-11-13-15-17-19-21-43(64)74-51-34(4)52-53(72-32-71-52)46-40-30-70-56(66)59(37-28-41(68-9)42(27-35(37)23-24-61-59)73-57(67)76-58(5,6)7)31-77-55(47(46)51)49-48-45-36(26-38(62(48)8)39(29-60)63(40)49)25-33(3)50(69-10)54(45)75-44(65)22-20-18-16-14-12-2;1-19-11-22-12-24-25(15-44)47-26-16-54-40(50)43(23-14-27(52-7)28(13-21(23)9-10-45-43)57-41(51)58-42(3,4)5)17-59-39(31-30(26)38-37(55-18-56-38)20(2)34(31)48)33(47)32(46(24)6)29(22)35(49)36(19)53-8;1-2-3-4-5-6-7-8(9)10/h25,27-28,38-40,48-49,55,61H,11-24,26,30-32H2,1-10H3;11,13-14,24-26,32-33,39,45,48-49H,9-10,12,16-18H2,1-8H3;2-7H2,1H3,(H,9,10)/t38-,39-,40-,48+,49?,55+,59+;24-,25-,26-,32+,33?,39+,43+;/m00./s1. The third kappa shape index (κ3) is 20.4. The van der Waals surface area contributed by atoms with Gasteiger partial charge in [0.05, 0.1) is 75.2 Å². The van der Waals surface area contributed by atoms with Crippen LogP contribution in [-0.2, 0) is 79.7 Å². The molecule has 0 aromatic heterocycles. The first kappa shape index (κ1) is 107. The van der Waals surface area contributed by atoms with Gasteiger partial charge in [-0.3, -0.25) is 44.6 Å². The number of aliphatic carboxylic acids is 1. The molecule has 20 rings (SSSR count). The molecule has 6 aromatic rings. The van der Waals surface area contributed by atoms with Gasteiger partial charge in [-0.05, 0) is 197 Å². The molecule has 14 atom stereocenters. The number of carbonyl (C=O) groups excluding carboxylic acids is 6. The quantitative estimate of drug-likeness (QED) is 0.0111. The van der Waals surface area contributed by atoms with E-state index in [1.807, 2.05) is 40.9 Å². The van der Waals surface area contributed by atoms with Crippen LogP contribution in [-0.4, -0.2) is 218 Å². The minimum Gasteiger partial charge on any atom is -0.507 e. The van der Waals surface area contributed by atoms with Gasteiger partial charge in [0.25, 0.3) is 0 Å². The number of phenolic OH excluding ortho intramolecular Hbond substituents is 2. The van der Waals surface area contributed by atoms with Gasteiger partial charge in [0, 0.05) is 113 Å². The number of ether oxygens (including phenoxy) is 16. The lowest BCUT2D eigenvalue weighted by atomic mass is 9.71. The summed E-state index contributed by atoms with van der Waals surface area (Å²) in [5, 5.41) is 61.2. The molecule has 14 aliphatic rings. The van der Waals surface area contributed by atoms with Crippen molar-refractivity contribution < 1.29 is 125 Å². The van der Waals surface area contributed by atoms with Gasteiger partial charge in [-0.1, -0.05) is 110 Å². The molecule has 8 bridgehead atoms. The molecule has 0 radical (unpaired) electrons. The van der Waals surface area contributed by atoms with Crippen LogP contribution in [0.15, 0.2) is 36.4 Å². The molecule has 6 aromatic carbocycles. The smallest absolute Gasteiger partial charge is 0.507 e. The van der Waals surface area contributed by atoms with Crippen LogP contribution in [0.3, 0.4) is 0 Å². The molecule has 14 heterocycles. The number of esters is 4. The number of piperazine rings is 2. The number of unbranched alkanes of at least 4 members (excludes halogenated alkanes) is 12. The Morgan fingerprint density at radius 1 is 0.466 bits per heavy atom. The number of thioether (sulfide) groups is 2. The van der Waals surface area contributed by atoms with Crippen molar-refractivity contribution in [2.75, 3.05) is 93.9 Å². The maximum Gasteiger partial charge on any atom is 0.514 e. The Balaban J connectivity index is 0.000000196. The van der Waals surface area contributed by atoms with E-state index in [2.05, 4.69) is 69.2 Å². The Kier molecular flexibility index (Phi) is 32.8. The highest BCUT2D eigenvalue weighted by Gasteiger charge is 2.65. The van der Waals surface area contributed by atoms with Gasteiger partial charge in [0.2, 0.25) is 13.6 Å². The summed E-state index contributed by atoms with van der Waals surface area (Å²) in [6.45, 7) is 24.6. The van der Waals surface area contributed by atoms with E-state index in [1.165, 1.54) is 64.1 Å². The summed E-state index contributed by atoms with van der Waals surface area (Å²) in [4.78, 5) is 103. The number of carbonyl (C=O) groups is 7. The zero-order chi connectivity index (χ0) is 105. The number of aryl methyl sites for hydroxylation is 2. The molecule has 34 nitrogen and oxygen atoms in total. The van der Waals surface area contributed by atoms with E-state index in [1.54, 1.807) is 79.8 Å². The van der Waals surface area contributed by atoms with E-state index in [4.69, 9.17) is 80.9 Å². The first-order valence-electron chi connectivity index (χ1n) is 51.3. The third-order valence-corrected chi connectivity index (χ3v) is 33.4. The lowest BCUT2D eigenvalue weighted by molar-refractivity contribution is -0.158. The number of carboxylic acid groups (broad SMARTS) is 1. The number of hydrogen-bond donors (Lipinski definition) is 5. The van der Waals surface area contributed by atoms with E-state index in [9.17, 15) is 49.5 Å². The predicted molar refractivity (Wildman–Crippen MR) is 543 cm³/mol. The average Bonchev–Trinajstić information content (AvgIpc) is 1.01. The van der Waals surface area contributed by atoms with Crippen molar-refractivity contribution in [2.45, 2.75) is 324 Å². The number of likely N-dealkylation sites (N-methyl/N-ethyl adjacent to an activating group) is 2. The van der Waals surface area contributed by atoms with E-state index in [0.29, 0.717) is 154 Å². The molecule has 36 heteroatoms. The Hall–Kier alpha value is -11.4. The summed E-state index contributed by atoms with van der Waals surface area (Å²) >= 11 is 2.94. The van der Waals surface area contributed by atoms with Gasteiger partial charge in [-0.25, -0.2) is 19.2 Å². The van der Waals surface area contributed by atoms with Crippen LogP contribution in [0.4, 0.5) is 9.59 Å². The number of rotatable bonds is 26. The van der Waals surface area contributed by atoms with Crippen LogP contribution in [0.5, 0.6) is 80.5 Å². The van der Waals surface area contributed by atoms with Gasteiger partial charge >= 0.3 is 42.2 Å². The number of aromatic hydroxyl groups is 2. The summed E-state index contributed by atoms with van der Waals surface area (Å²) in [6.07, 6.45) is 16.0. The number of nitrogens with one attached hydrogen (secondary N) is 2. The first-order valence-corrected chi connectivity index (χ1v) is 53.4. The van der Waals surface area contributed by atoms with Crippen molar-refractivity contribution in [3.05, 3.63) is 125 Å². The van der Waals surface area contributed by atoms with Crippen LogP contribution in [0.2, 0.25) is 0 Å². The van der Waals surface area contributed by atoms with Gasteiger partial charge in [-0.15, -0.1) is 23.5 Å². The van der Waals surface area contributed by atoms with Crippen LogP contribution < -0.4 is 67.5 Å². The van der Waals surface area contributed by atoms with Crippen molar-refractivity contribution in [3.8, 4) is 92.6 Å². The van der Waals surface area contributed by atoms with Crippen molar-refractivity contribution in [1.82, 2.24) is 30.2 Å². The predicted octanol–water partition coefficient (Wildman–Crippen LogP) is 18.3. The monoisotopic (exact) mass is 2050 g/mol. The summed E-state index contributed by atoms with van der Waals surface area (Å²) in [5.41, 5.74) is 6.79. The molecule has 4 saturated heterocycles. The highest BCUT2D eigenvalue weighted by Crippen LogP contribution is 2.68. The Morgan fingerprint density at radius 3 is 1.32 bits per heavy atom. The fraction of sp³-hybridized carbons (Fsp3) is 0.591. The van der Waals surface area contributed by atoms with Crippen molar-refractivity contribution in [1.29, 1.82) is 10.5 Å². The maximum absolute atomic E-state index is 15.4. The fourth-order valence-corrected chi connectivity index (χ4v) is 27.2. The Bertz CT molecular complexity index is 6090. The lowest BCUT2D eigenvalue weighted by Crippen LogP contribution is -2.69. The van der Waals surface area contributed by atoms with E-state index < -0.39 is 111 Å². The Labute approximate surface area is 862 Å². The number of hydrogen-bond acceptors (Lipinski definition) is 35. The van der Waals surface area contributed by atoms with E-state index in [-0.39, 0.29) is 110 Å². The summed E-state index contributed by atoms with van der Waals surface area (Å²) < 4.78 is 97.0. The average molecular weight is 2050 g/mol. The normalized spacial score (nSPS) is 24.7. The topological polar surface area (TPSA) is 412 Å². The largest absolute Gasteiger partial charge is 0.514 e. The first-order chi connectivity index (χ1) is 69.9. The van der Waals surface area contributed by atoms with Crippen LogP contribution in [0.25, 0.3) is 0 Å². The number of methoxy groups -OCH3 is 4. The molecule has 2 spiro atoms. The van der Waals surface area contributed by atoms with E-state index >= 15 is 4.79 Å². The van der Waals surface area contributed by atoms with Gasteiger partial charge < -0.3 is 91.1 Å². The molecule has 788 valence electrons. The summed E-state index contributed by atoms with van der Waals surface area (Å²) in [7, 11) is 10.1. The second-order valence-corrected chi connectivity index (χ2v) is 44.2. The molecule has 0 amide bonds. The van der Waals surface area contributed by atoms with Crippen LogP contribution >= 0.6 is 23.5 Å². The van der Waals surface area contributed by atoms with Crippen LogP contribution in [0, 0.1) is 50.4 Å².